The SMILES string of the molecule is Cc1ccc(F)c(NC(=O)N2CCC3(CCN(C)C3)C2)c1. The van der Waals surface area contributed by atoms with Crippen molar-refractivity contribution in [3.63, 3.8) is 0 Å². The van der Waals surface area contributed by atoms with E-state index in [-0.39, 0.29) is 23.0 Å². The number of benzene rings is 1. The summed E-state index contributed by atoms with van der Waals surface area (Å²) in [5, 5.41) is 2.71. The summed E-state index contributed by atoms with van der Waals surface area (Å²) in [5.41, 5.74) is 1.45. The molecule has 0 radical (unpaired) electrons. The number of amides is 2. The number of hydrogen-bond acceptors (Lipinski definition) is 2. The van der Waals surface area contributed by atoms with Crippen molar-refractivity contribution in [1.29, 1.82) is 0 Å². The fourth-order valence-electron chi connectivity index (χ4n) is 3.53. The molecule has 5 heteroatoms. The summed E-state index contributed by atoms with van der Waals surface area (Å²) in [6.45, 7) is 5.57. The molecule has 3 rings (SSSR count). The van der Waals surface area contributed by atoms with Crippen molar-refractivity contribution in [2.24, 2.45) is 5.41 Å². The first-order chi connectivity index (χ1) is 9.97. The molecular formula is C16H22FN3O. The van der Waals surface area contributed by atoms with Gasteiger partial charge in [0.15, 0.2) is 0 Å². The number of carbonyl (C=O) groups is 1. The molecule has 2 fully saturated rings. The van der Waals surface area contributed by atoms with E-state index in [1.54, 1.807) is 12.1 Å². The van der Waals surface area contributed by atoms with Gasteiger partial charge in [-0.2, -0.15) is 0 Å². The lowest BCUT2D eigenvalue weighted by atomic mass is 9.86. The van der Waals surface area contributed by atoms with Gasteiger partial charge in [-0.15, -0.1) is 0 Å². The molecule has 21 heavy (non-hydrogen) atoms. The predicted octanol–water partition coefficient (Wildman–Crippen LogP) is 2.69. The Labute approximate surface area is 124 Å². The van der Waals surface area contributed by atoms with Crippen LogP contribution in [0.15, 0.2) is 18.2 Å². The number of urea groups is 1. The number of anilines is 1. The molecule has 1 aromatic carbocycles. The third-order valence-corrected chi connectivity index (χ3v) is 4.72. The van der Waals surface area contributed by atoms with Crippen molar-refractivity contribution in [3.8, 4) is 0 Å². The van der Waals surface area contributed by atoms with Crippen molar-refractivity contribution < 1.29 is 9.18 Å². The second-order valence-electron chi connectivity index (χ2n) is 6.57. The minimum atomic E-state index is -0.386. The normalized spacial score (nSPS) is 25.8. The Kier molecular flexibility index (Phi) is 3.61. The quantitative estimate of drug-likeness (QED) is 0.863. The maximum absolute atomic E-state index is 13.7. The standard InChI is InChI=1S/C16H22FN3O/c1-12-3-4-13(17)14(9-12)18-15(21)20-8-6-16(11-20)5-7-19(2)10-16/h3-4,9H,5-8,10-11H2,1-2H3,(H,18,21). The van der Waals surface area contributed by atoms with Gasteiger partial charge in [0, 0.05) is 25.0 Å². The highest BCUT2D eigenvalue weighted by atomic mass is 19.1. The molecule has 1 aromatic rings. The van der Waals surface area contributed by atoms with Gasteiger partial charge in [0.1, 0.15) is 5.82 Å². The number of nitrogens with one attached hydrogen (secondary N) is 1. The van der Waals surface area contributed by atoms with Gasteiger partial charge < -0.3 is 15.1 Å². The van der Waals surface area contributed by atoms with Gasteiger partial charge in [0.2, 0.25) is 0 Å². The lowest BCUT2D eigenvalue weighted by molar-refractivity contribution is 0.212. The Morgan fingerprint density at radius 2 is 2.05 bits per heavy atom. The smallest absolute Gasteiger partial charge is 0.321 e. The number of likely N-dealkylation sites (tertiary alicyclic amines) is 2. The maximum Gasteiger partial charge on any atom is 0.321 e. The van der Waals surface area contributed by atoms with E-state index in [1.807, 2.05) is 11.8 Å². The molecule has 2 heterocycles. The molecule has 2 aliphatic heterocycles. The fraction of sp³-hybridized carbons (Fsp3) is 0.562. The highest BCUT2D eigenvalue weighted by Crippen LogP contribution is 2.39. The third kappa shape index (κ3) is 2.88. The van der Waals surface area contributed by atoms with Crippen LogP contribution >= 0.6 is 0 Å². The number of nitrogens with zero attached hydrogens (tertiary/aromatic N) is 2. The van der Waals surface area contributed by atoms with E-state index < -0.39 is 0 Å². The molecule has 0 aromatic heterocycles. The van der Waals surface area contributed by atoms with E-state index >= 15 is 0 Å². The predicted molar refractivity (Wildman–Crippen MR) is 80.9 cm³/mol. The highest BCUT2D eigenvalue weighted by molar-refractivity contribution is 5.89. The lowest BCUT2D eigenvalue weighted by Crippen LogP contribution is -2.36. The molecule has 1 unspecified atom stereocenters. The molecule has 0 saturated carbocycles. The van der Waals surface area contributed by atoms with Gasteiger partial charge in [0.25, 0.3) is 0 Å². The van der Waals surface area contributed by atoms with Crippen molar-refractivity contribution in [1.82, 2.24) is 9.80 Å². The summed E-state index contributed by atoms with van der Waals surface area (Å²) in [6.07, 6.45) is 2.19. The van der Waals surface area contributed by atoms with Gasteiger partial charge in [-0.3, -0.25) is 0 Å². The molecule has 1 spiro atoms. The number of rotatable bonds is 1. The zero-order valence-electron chi connectivity index (χ0n) is 12.7. The monoisotopic (exact) mass is 291 g/mol. The molecule has 2 saturated heterocycles. The molecule has 0 aliphatic carbocycles. The first-order valence-corrected chi connectivity index (χ1v) is 7.48. The minimum Gasteiger partial charge on any atom is -0.324 e. The van der Waals surface area contributed by atoms with Crippen LogP contribution in [0, 0.1) is 18.2 Å². The third-order valence-electron chi connectivity index (χ3n) is 4.72. The van der Waals surface area contributed by atoms with Crippen LogP contribution < -0.4 is 5.32 Å². The molecular weight excluding hydrogens is 269 g/mol. The first-order valence-electron chi connectivity index (χ1n) is 7.48. The second kappa shape index (κ2) is 5.30. The molecule has 1 N–H and O–H groups in total. The zero-order chi connectivity index (χ0) is 15.0. The first kappa shape index (κ1) is 14.3. The molecule has 4 nitrogen and oxygen atoms in total. The molecule has 2 amide bonds. The lowest BCUT2D eigenvalue weighted by Gasteiger charge is -2.24. The average molecular weight is 291 g/mol. The van der Waals surface area contributed by atoms with E-state index in [2.05, 4.69) is 17.3 Å². The summed E-state index contributed by atoms with van der Waals surface area (Å²) in [4.78, 5) is 16.5. The average Bonchev–Trinajstić information content (AvgIpc) is 3.01. The van der Waals surface area contributed by atoms with Crippen LogP contribution in [-0.2, 0) is 0 Å². The Morgan fingerprint density at radius 1 is 1.29 bits per heavy atom. The van der Waals surface area contributed by atoms with E-state index in [0.717, 1.165) is 44.6 Å². The summed E-state index contributed by atoms with van der Waals surface area (Å²) >= 11 is 0. The zero-order valence-corrected chi connectivity index (χ0v) is 12.7. The molecule has 114 valence electrons. The molecule has 0 bridgehead atoms. The molecule has 2 aliphatic rings. The van der Waals surface area contributed by atoms with Crippen LogP contribution in [0.2, 0.25) is 0 Å². The Morgan fingerprint density at radius 3 is 2.76 bits per heavy atom. The van der Waals surface area contributed by atoms with Crippen LogP contribution in [-0.4, -0.2) is 49.1 Å². The van der Waals surface area contributed by atoms with Gasteiger partial charge >= 0.3 is 6.03 Å². The van der Waals surface area contributed by atoms with Crippen LogP contribution in [0.5, 0.6) is 0 Å². The number of halogens is 1. The van der Waals surface area contributed by atoms with E-state index in [9.17, 15) is 9.18 Å². The van der Waals surface area contributed by atoms with Crippen molar-refractivity contribution in [3.05, 3.63) is 29.6 Å². The van der Waals surface area contributed by atoms with E-state index in [1.165, 1.54) is 6.07 Å². The second-order valence-corrected chi connectivity index (χ2v) is 6.57. The van der Waals surface area contributed by atoms with Gasteiger partial charge in [0.05, 0.1) is 5.69 Å². The van der Waals surface area contributed by atoms with Gasteiger partial charge in [-0.25, -0.2) is 9.18 Å². The van der Waals surface area contributed by atoms with Crippen LogP contribution in [0.1, 0.15) is 18.4 Å². The summed E-state index contributed by atoms with van der Waals surface area (Å²) in [7, 11) is 2.12. The Balaban J connectivity index is 1.66. The molecule has 1 atom stereocenters. The number of hydrogen-bond donors (Lipinski definition) is 1. The number of carbonyl (C=O) groups excluding carboxylic acids is 1. The minimum absolute atomic E-state index is 0.189. The summed E-state index contributed by atoms with van der Waals surface area (Å²) in [5.74, 6) is -0.386. The van der Waals surface area contributed by atoms with Gasteiger partial charge in [-0.1, -0.05) is 6.07 Å². The Hall–Kier alpha value is -1.62. The largest absolute Gasteiger partial charge is 0.324 e. The van der Waals surface area contributed by atoms with E-state index in [4.69, 9.17) is 0 Å². The summed E-state index contributed by atoms with van der Waals surface area (Å²) < 4.78 is 13.7. The van der Waals surface area contributed by atoms with Crippen LogP contribution in [0.3, 0.4) is 0 Å². The van der Waals surface area contributed by atoms with E-state index in [0.29, 0.717) is 0 Å². The van der Waals surface area contributed by atoms with Crippen LogP contribution in [0.4, 0.5) is 14.9 Å². The Bertz CT molecular complexity index is 562. The van der Waals surface area contributed by atoms with Gasteiger partial charge in [-0.05, 0) is 51.1 Å². The van der Waals surface area contributed by atoms with Crippen molar-refractivity contribution >= 4 is 11.7 Å². The maximum atomic E-state index is 13.7. The van der Waals surface area contributed by atoms with Crippen molar-refractivity contribution in [2.45, 2.75) is 19.8 Å². The van der Waals surface area contributed by atoms with Crippen LogP contribution in [0.25, 0.3) is 0 Å². The number of aryl methyl sites for hydroxylation is 1. The highest BCUT2D eigenvalue weighted by Gasteiger charge is 2.43. The topological polar surface area (TPSA) is 35.6 Å². The fourth-order valence-corrected chi connectivity index (χ4v) is 3.53. The summed E-state index contributed by atoms with van der Waals surface area (Å²) in [6, 6.07) is 4.57. The van der Waals surface area contributed by atoms with Crippen molar-refractivity contribution in [2.75, 3.05) is 38.5 Å².